The van der Waals surface area contributed by atoms with E-state index in [9.17, 15) is 9.59 Å². The van der Waals surface area contributed by atoms with E-state index < -0.39 is 0 Å². The number of carbonyl (C=O) groups excluding carboxylic acids is 2. The first-order chi connectivity index (χ1) is 13.0. The van der Waals surface area contributed by atoms with Crippen molar-refractivity contribution in [3.05, 3.63) is 60.2 Å². The molecule has 2 aromatic rings. The lowest BCUT2D eigenvalue weighted by atomic mass is 10.0. The molecule has 1 N–H and O–H groups in total. The summed E-state index contributed by atoms with van der Waals surface area (Å²) in [6, 6.07) is 18.4. The van der Waals surface area contributed by atoms with E-state index in [0.717, 1.165) is 17.7 Å². The predicted octanol–water partition coefficient (Wildman–Crippen LogP) is 2.38. The molecule has 1 saturated heterocycles. The number of hydrogen-bond acceptors (Lipinski definition) is 3. The number of hydrogen-bond donors (Lipinski definition) is 1. The van der Waals surface area contributed by atoms with Crippen molar-refractivity contribution >= 4 is 11.8 Å². The van der Waals surface area contributed by atoms with Crippen molar-refractivity contribution in [2.45, 2.75) is 13.0 Å². The normalized spacial score (nSPS) is 16.8. The topological polar surface area (TPSA) is 52.6 Å². The van der Waals surface area contributed by atoms with Crippen LogP contribution in [0.5, 0.6) is 0 Å². The highest BCUT2D eigenvalue weighted by Crippen LogP contribution is 2.20. The Morgan fingerprint density at radius 1 is 1.07 bits per heavy atom. The molecule has 1 aliphatic heterocycles. The molecule has 3 rings (SSSR count). The van der Waals surface area contributed by atoms with Crippen LogP contribution in [0, 0.1) is 5.92 Å². The Bertz CT molecular complexity index is 772. The van der Waals surface area contributed by atoms with Crippen LogP contribution in [-0.2, 0) is 16.1 Å². The van der Waals surface area contributed by atoms with E-state index in [1.165, 1.54) is 5.56 Å². The molecule has 0 unspecified atom stereocenters. The third kappa shape index (κ3) is 5.17. The predicted molar refractivity (Wildman–Crippen MR) is 107 cm³/mol. The highest BCUT2D eigenvalue weighted by molar-refractivity contribution is 5.89. The molecule has 0 spiro atoms. The lowest BCUT2D eigenvalue weighted by Crippen LogP contribution is -2.35. The van der Waals surface area contributed by atoms with E-state index in [0.29, 0.717) is 26.1 Å². The Hall–Kier alpha value is -2.66. The molecule has 5 heteroatoms. The average molecular weight is 365 g/mol. The Kier molecular flexibility index (Phi) is 6.24. The number of likely N-dealkylation sites (tertiary alicyclic amines) is 1. The van der Waals surface area contributed by atoms with Crippen molar-refractivity contribution in [3.8, 4) is 11.1 Å². The molecule has 2 aromatic carbocycles. The Morgan fingerprint density at radius 2 is 1.74 bits per heavy atom. The molecule has 0 bridgehead atoms. The fourth-order valence-corrected chi connectivity index (χ4v) is 3.26. The third-order valence-corrected chi connectivity index (χ3v) is 4.93. The first-order valence-electron chi connectivity index (χ1n) is 9.37. The zero-order valence-electron chi connectivity index (χ0n) is 16.0. The summed E-state index contributed by atoms with van der Waals surface area (Å²) >= 11 is 0. The van der Waals surface area contributed by atoms with Crippen molar-refractivity contribution in [2.24, 2.45) is 5.92 Å². The van der Waals surface area contributed by atoms with Gasteiger partial charge in [-0.25, -0.2) is 0 Å². The SMILES string of the molecule is CN(C)CCN1C[C@H](C(=O)NCc2ccc(-c3ccccc3)cc2)CC1=O. The molecule has 1 heterocycles. The van der Waals surface area contributed by atoms with Gasteiger partial charge >= 0.3 is 0 Å². The van der Waals surface area contributed by atoms with Gasteiger partial charge in [-0.2, -0.15) is 0 Å². The maximum Gasteiger partial charge on any atom is 0.225 e. The summed E-state index contributed by atoms with van der Waals surface area (Å²) in [5.74, 6) is -0.213. The second kappa shape index (κ2) is 8.82. The van der Waals surface area contributed by atoms with E-state index in [1.54, 1.807) is 4.90 Å². The van der Waals surface area contributed by atoms with Crippen LogP contribution in [0.25, 0.3) is 11.1 Å². The van der Waals surface area contributed by atoms with Crippen LogP contribution in [0.4, 0.5) is 0 Å². The zero-order valence-corrected chi connectivity index (χ0v) is 16.0. The van der Waals surface area contributed by atoms with Gasteiger partial charge in [-0.3, -0.25) is 9.59 Å². The van der Waals surface area contributed by atoms with Gasteiger partial charge < -0.3 is 15.1 Å². The number of carbonyl (C=O) groups is 2. The second-order valence-electron chi connectivity index (χ2n) is 7.32. The molecular weight excluding hydrogens is 338 g/mol. The summed E-state index contributed by atoms with van der Waals surface area (Å²) in [5, 5.41) is 2.98. The highest BCUT2D eigenvalue weighted by Gasteiger charge is 2.33. The van der Waals surface area contributed by atoms with Gasteiger partial charge in [-0.1, -0.05) is 54.6 Å². The molecule has 1 aliphatic rings. The molecule has 5 nitrogen and oxygen atoms in total. The summed E-state index contributed by atoms with van der Waals surface area (Å²) in [6.45, 7) is 2.49. The molecule has 1 atom stereocenters. The van der Waals surface area contributed by atoms with Gasteiger partial charge in [0.25, 0.3) is 0 Å². The number of likely N-dealkylation sites (N-methyl/N-ethyl adjacent to an activating group) is 1. The first-order valence-corrected chi connectivity index (χ1v) is 9.37. The van der Waals surface area contributed by atoms with Gasteiger partial charge in [-0.05, 0) is 30.8 Å². The Morgan fingerprint density at radius 3 is 2.41 bits per heavy atom. The minimum atomic E-state index is -0.247. The zero-order chi connectivity index (χ0) is 19.2. The van der Waals surface area contributed by atoms with E-state index in [1.807, 2.05) is 49.3 Å². The molecular formula is C22H27N3O2. The van der Waals surface area contributed by atoms with Crippen LogP contribution in [0.2, 0.25) is 0 Å². The minimum absolute atomic E-state index is 0.0390. The van der Waals surface area contributed by atoms with Crippen molar-refractivity contribution < 1.29 is 9.59 Å². The van der Waals surface area contributed by atoms with Crippen molar-refractivity contribution in [1.29, 1.82) is 0 Å². The van der Waals surface area contributed by atoms with Crippen LogP contribution >= 0.6 is 0 Å². The molecule has 2 amide bonds. The monoisotopic (exact) mass is 365 g/mol. The first kappa shape index (κ1) is 19.1. The summed E-state index contributed by atoms with van der Waals surface area (Å²) < 4.78 is 0. The van der Waals surface area contributed by atoms with E-state index in [4.69, 9.17) is 0 Å². The van der Waals surface area contributed by atoms with Gasteiger partial charge in [0.1, 0.15) is 0 Å². The highest BCUT2D eigenvalue weighted by atomic mass is 16.2. The van der Waals surface area contributed by atoms with Crippen LogP contribution < -0.4 is 5.32 Å². The van der Waals surface area contributed by atoms with Gasteiger partial charge in [0.2, 0.25) is 11.8 Å². The molecule has 0 saturated carbocycles. The van der Waals surface area contributed by atoms with Gasteiger partial charge in [0, 0.05) is 32.6 Å². The third-order valence-electron chi connectivity index (χ3n) is 4.93. The van der Waals surface area contributed by atoms with Crippen molar-refractivity contribution in [1.82, 2.24) is 15.1 Å². The lowest BCUT2D eigenvalue weighted by Gasteiger charge is -2.19. The number of rotatable bonds is 7. The van der Waals surface area contributed by atoms with Gasteiger partial charge in [0.15, 0.2) is 0 Å². The Balaban J connectivity index is 1.50. The van der Waals surface area contributed by atoms with Crippen molar-refractivity contribution in [3.63, 3.8) is 0 Å². The van der Waals surface area contributed by atoms with Crippen molar-refractivity contribution in [2.75, 3.05) is 33.7 Å². The average Bonchev–Trinajstić information content (AvgIpc) is 3.06. The lowest BCUT2D eigenvalue weighted by molar-refractivity contribution is -0.129. The summed E-state index contributed by atoms with van der Waals surface area (Å²) in [6.07, 6.45) is 0.312. The van der Waals surface area contributed by atoms with Gasteiger partial charge in [-0.15, -0.1) is 0 Å². The largest absolute Gasteiger partial charge is 0.352 e. The maximum atomic E-state index is 12.4. The molecule has 0 aromatic heterocycles. The summed E-state index contributed by atoms with van der Waals surface area (Å²) in [7, 11) is 3.96. The smallest absolute Gasteiger partial charge is 0.225 e. The molecule has 0 radical (unpaired) electrons. The number of amides is 2. The van der Waals surface area contributed by atoms with Gasteiger partial charge in [0.05, 0.1) is 5.92 Å². The fraction of sp³-hybridized carbons (Fsp3) is 0.364. The number of nitrogens with one attached hydrogen (secondary N) is 1. The Labute approximate surface area is 161 Å². The van der Waals surface area contributed by atoms with E-state index >= 15 is 0 Å². The number of benzene rings is 2. The standard InChI is InChI=1S/C22H27N3O2/c1-24(2)12-13-25-16-20(14-21(25)26)22(27)23-15-17-8-10-19(11-9-17)18-6-4-3-5-7-18/h3-11,20H,12-16H2,1-2H3,(H,23,27)/t20-/m1/s1. The molecule has 27 heavy (non-hydrogen) atoms. The number of nitrogens with zero attached hydrogens (tertiary/aromatic N) is 2. The van der Waals surface area contributed by atoms with Crippen LogP contribution in [-0.4, -0.2) is 55.3 Å². The molecule has 0 aliphatic carbocycles. The van der Waals surface area contributed by atoms with E-state index in [-0.39, 0.29) is 17.7 Å². The minimum Gasteiger partial charge on any atom is -0.352 e. The molecule has 142 valence electrons. The summed E-state index contributed by atoms with van der Waals surface area (Å²) in [4.78, 5) is 28.3. The second-order valence-corrected chi connectivity index (χ2v) is 7.32. The van der Waals surface area contributed by atoms with Crippen LogP contribution in [0.3, 0.4) is 0 Å². The summed E-state index contributed by atoms with van der Waals surface area (Å²) in [5.41, 5.74) is 3.38. The molecule has 1 fully saturated rings. The quantitative estimate of drug-likeness (QED) is 0.820. The maximum absolute atomic E-state index is 12.4. The van der Waals surface area contributed by atoms with Crippen LogP contribution in [0.1, 0.15) is 12.0 Å². The van der Waals surface area contributed by atoms with Crippen LogP contribution in [0.15, 0.2) is 54.6 Å². The van der Waals surface area contributed by atoms with E-state index in [2.05, 4.69) is 29.6 Å². The fourth-order valence-electron chi connectivity index (χ4n) is 3.26.